The van der Waals surface area contributed by atoms with Crippen LogP contribution in [-0.4, -0.2) is 30.4 Å². The summed E-state index contributed by atoms with van der Waals surface area (Å²) in [6.45, 7) is 4.94. The van der Waals surface area contributed by atoms with Crippen LogP contribution < -0.4 is 10.1 Å². The van der Waals surface area contributed by atoms with Crippen molar-refractivity contribution in [2.75, 3.05) is 25.4 Å². The molecule has 0 amide bonds. The number of pyridine rings is 1. The summed E-state index contributed by atoms with van der Waals surface area (Å²) in [4.78, 5) is 4.56. The van der Waals surface area contributed by atoms with Crippen molar-refractivity contribution in [2.45, 2.75) is 32.6 Å². The Balaban J connectivity index is 1.67. The minimum Gasteiger partial charge on any atom is -0.478 e. The second-order valence-corrected chi connectivity index (χ2v) is 5.98. The lowest BCUT2D eigenvalue weighted by molar-refractivity contribution is 0.294. The predicted octanol–water partition coefficient (Wildman–Crippen LogP) is 4.00. The zero-order valence-corrected chi connectivity index (χ0v) is 14.2. The minimum absolute atomic E-state index is 0.742. The highest BCUT2D eigenvalue weighted by molar-refractivity contribution is 7.80. The van der Waals surface area contributed by atoms with Crippen LogP contribution in [-0.2, 0) is 0 Å². The molecule has 0 atom stereocenters. The van der Waals surface area contributed by atoms with Crippen LogP contribution in [0.4, 0.5) is 0 Å². The van der Waals surface area contributed by atoms with Crippen LogP contribution in [0, 0.1) is 6.92 Å². The van der Waals surface area contributed by atoms with Gasteiger partial charge in [0.1, 0.15) is 0 Å². The van der Waals surface area contributed by atoms with E-state index < -0.39 is 0 Å². The van der Waals surface area contributed by atoms with Gasteiger partial charge in [0.25, 0.3) is 0 Å². The van der Waals surface area contributed by atoms with Crippen LogP contribution in [0.25, 0.3) is 10.9 Å². The Morgan fingerprint density at radius 2 is 1.91 bits per heavy atom. The molecule has 3 nitrogen and oxygen atoms in total. The highest BCUT2D eigenvalue weighted by Gasteiger charge is 2.02. The van der Waals surface area contributed by atoms with Gasteiger partial charge in [0, 0.05) is 23.8 Å². The van der Waals surface area contributed by atoms with Crippen LogP contribution in [0.15, 0.2) is 30.3 Å². The van der Waals surface area contributed by atoms with E-state index in [1.165, 1.54) is 30.2 Å². The number of nitrogens with one attached hydrogen (secondary N) is 1. The third-order valence-electron chi connectivity index (χ3n) is 3.69. The summed E-state index contributed by atoms with van der Waals surface area (Å²) in [5.41, 5.74) is 2.23. The lowest BCUT2D eigenvalue weighted by Gasteiger charge is -2.08. The predicted molar refractivity (Wildman–Crippen MR) is 97.2 cm³/mol. The zero-order valence-electron chi connectivity index (χ0n) is 13.3. The standard InChI is InChI=1S/C18H26N2OS/c1-15-14-18(20-17-9-5-4-8-16(15)17)21-12-7-3-2-6-10-19-11-13-22/h4-5,8-9,14,19,22H,2-3,6-7,10-13H2,1H3. The van der Waals surface area contributed by atoms with E-state index in [-0.39, 0.29) is 0 Å². The maximum atomic E-state index is 5.80. The van der Waals surface area contributed by atoms with Gasteiger partial charge in [-0.1, -0.05) is 31.0 Å². The van der Waals surface area contributed by atoms with Crippen molar-refractivity contribution < 1.29 is 4.74 Å². The molecule has 1 aromatic carbocycles. The molecule has 0 unspecified atom stereocenters. The lowest BCUT2D eigenvalue weighted by atomic mass is 10.1. The Hall–Kier alpha value is -1.26. The van der Waals surface area contributed by atoms with Gasteiger partial charge in [-0.3, -0.25) is 0 Å². The molecule has 0 bridgehead atoms. The van der Waals surface area contributed by atoms with Gasteiger partial charge >= 0.3 is 0 Å². The topological polar surface area (TPSA) is 34.1 Å². The number of unbranched alkanes of at least 4 members (excludes halogenated alkanes) is 3. The number of aryl methyl sites for hydroxylation is 1. The van der Waals surface area contributed by atoms with Crippen LogP contribution >= 0.6 is 12.6 Å². The van der Waals surface area contributed by atoms with E-state index in [1.54, 1.807) is 0 Å². The third kappa shape index (κ3) is 5.50. The molecule has 1 N–H and O–H groups in total. The molecule has 0 spiro atoms. The summed E-state index contributed by atoms with van der Waals surface area (Å²) in [5, 5.41) is 4.56. The van der Waals surface area contributed by atoms with Crippen LogP contribution in [0.2, 0.25) is 0 Å². The number of hydrogen-bond donors (Lipinski definition) is 2. The average molecular weight is 318 g/mol. The lowest BCUT2D eigenvalue weighted by Crippen LogP contribution is -2.17. The van der Waals surface area contributed by atoms with Gasteiger partial charge in [-0.15, -0.1) is 0 Å². The largest absolute Gasteiger partial charge is 0.478 e. The molecule has 0 saturated carbocycles. The summed E-state index contributed by atoms with van der Waals surface area (Å²) in [5.74, 6) is 1.65. The Morgan fingerprint density at radius 1 is 1.09 bits per heavy atom. The molecule has 0 fully saturated rings. The van der Waals surface area contributed by atoms with E-state index in [0.717, 1.165) is 43.3 Å². The second kappa shape index (κ2) is 9.70. The van der Waals surface area contributed by atoms with Gasteiger partial charge in [0.2, 0.25) is 5.88 Å². The number of fused-ring (bicyclic) bond motifs is 1. The Kier molecular flexibility index (Phi) is 7.54. The molecule has 120 valence electrons. The first-order valence-corrected chi connectivity index (χ1v) is 8.75. The Morgan fingerprint density at radius 3 is 2.77 bits per heavy atom. The first-order chi connectivity index (χ1) is 10.8. The number of para-hydroxylation sites is 1. The summed E-state index contributed by atoms with van der Waals surface area (Å²) >= 11 is 4.17. The maximum Gasteiger partial charge on any atom is 0.214 e. The van der Waals surface area contributed by atoms with Crippen LogP contribution in [0.5, 0.6) is 5.88 Å². The number of thiol groups is 1. The summed E-state index contributed by atoms with van der Waals surface area (Å²) in [7, 11) is 0. The number of aromatic nitrogens is 1. The van der Waals surface area contributed by atoms with Crippen molar-refractivity contribution in [3.63, 3.8) is 0 Å². The second-order valence-electron chi connectivity index (χ2n) is 5.53. The number of benzene rings is 1. The van der Waals surface area contributed by atoms with Crippen LogP contribution in [0.1, 0.15) is 31.2 Å². The first-order valence-electron chi connectivity index (χ1n) is 8.12. The molecule has 1 heterocycles. The maximum absolute atomic E-state index is 5.80. The normalized spacial score (nSPS) is 11.0. The van der Waals surface area contributed by atoms with Gasteiger partial charge in [0.15, 0.2) is 0 Å². The number of hydrogen-bond acceptors (Lipinski definition) is 4. The van der Waals surface area contributed by atoms with E-state index in [0.29, 0.717) is 0 Å². The fourth-order valence-electron chi connectivity index (χ4n) is 2.48. The molecule has 1 aromatic heterocycles. The number of nitrogens with zero attached hydrogens (tertiary/aromatic N) is 1. The van der Waals surface area contributed by atoms with Crippen molar-refractivity contribution in [1.29, 1.82) is 0 Å². The Labute approximate surface area is 138 Å². The minimum atomic E-state index is 0.742. The Bertz CT molecular complexity index is 574. The SMILES string of the molecule is Cc1cc(OCCCCCCNCCS)nc2ccccc12. The fraction of sp³-hybridized carbons (Fsp3) is 0.500. The monoisotopic (exact) mass is 318 g/mol. The van der Waals surface area contributed by atoms with E-state index in [2.05, 4.69) is 35.9 Å². The molecule has 22 heavy (non-hydrogen) atoms. The van der Waals surface area contributed by atoms with Gasteiger partial charge < -0.3 is 10.1 Å². The van der Waals surface area contributed by atoms with Gasteiger partial charge in [-0.05, 0) is 37.9 Å². The smallest absolute Gasteiger partial charge is 0.214 e. The number of rotatable bonds is 10. The van der Waals surface area contributed by atoms with Gasteiger partial charge in [-0.2, -0.15) is 12.6 Å². The average Bonchev–Trinajstić information content (AvgIpc) is 2.53. The van der Waals surface area contributed by atoms with Crippen molar-refractivity contribution in [3.8, 4) is 5.88 Å². The fourth-order valence-corrected chi connectivity index (χ4v) is 2.64. The molecule has 0 saturated heterocycles. The quantitative estimate of drug-likeness (QED) is 0.513. The van der Waals surface area contributed by atoms with Crippen molar-refractivity contribution in [3.05, 3.63) is 35.9 Å². The number of ether oxygens (including phenoxy) is 1. The summed E-state index contributed by atoms with van der Waals surface area (Å²) in [6.07, 6.45) is 4.75. The van der Waals surface area contributed by atoms with E-state index in [4.69, 9.17) is 4.74 Å². The molecular weight excluding hydrogens is 292 g/mol. The zero-order chi connectivity index (χ0) is 15.6. The molecule has 0 aliphatic heterocycles. The van der Waals surface area contributed by atoms with Gasteiger partial charge in [-0.25, -0.2) is 4.98 Å². The van der Waals surface area contributed by atoms with E-state index in [9.17, 15) is 0 Å². The summed E-state index contributed by atoms with van der Waals surface area (Å²) < 4.78 is 5.80. The van der Waals surface area contributed by atoms with Crippen molar-refractivity contribution >= 4 is 23.5 Å². The molecule has 0 aliphatic rings. The highest BCUT2D eigenvalue weighted by Crippen LogP contribution is 2.21. The molecule has 0 radical (unpaired) electrons. The first kappa shape index (κ1) is 17.1. The summed E-state index contributed by atoms with van der Waals surface area (Å²) in [6, 6.07) is 10.2. The molecular formula is C18H26N2OS. The van der Waals surface area contributed by atoms with E-state index in [1.807, 2.05) is 24.3 Å². The third-order valence-corrected chi connectivity index (χ3v) is 3.91. The van der Waals surface area contributed by atoms with Gasteiger partial charge in [0.05, 0.1) is 12.1 Å². The molecule has 4 heteroatoms. The van der Waals surface area contributed by atoms with Crippen LogP contribution in [0.3, 0.4) is 0 Å². The molecule has 2 rings (SSSR count). The van der Waals surface area contributed by atoms with Crippen molar-refractivity contribution in [1.82, 2.24) is 10.3 Å². The molecule has 2 aromatic rings. The van der Waals surface area contributed by atoms with Crippen molar-refractivity contribution in [2.24, 2.45) is 0 Å². The highest BCUT2D eigenvalue weighted by atomic mass is 32.1. The molecule has 0 aliphatic carbocycles. The van der Waals surface area contributed by atoms with E-state index >= 15 is 0 Å².